The molecule has 0 saturated carbocycles. The number of aliphatic hydroxyl groups is 1. The van der Waals surface area contributed by atoms with Gasteiger partial charge in [-0.15, -0.1) is 11.8 Å². The first-order chi connectivity index (χ1) is 8.13. The van der Waals surface area contributed by atoms with E-state index in [1.54, 1.807) is 11.8 Å². The molecule has 1 amide bonds. The third-order valence-corrected chi connectivity index (χ3v) is 4.64. The van der Waals surface area contributed by atoms with Crippen LogP contribution >= 0.6 is 11.8 Å². The van der Waals surface area contributed by atoms with Crippen LogP contribution < -0.4 is 10.6 Å². The predicted molar refractivity (Wildman–Crippen MR) is 72.2 cm³/mol. The molecule has 1 aliphatic heterocycles. The Morgan fingerprint density at radius 3 is 2.71 bits per heavy atom. The Morgan fingerprint density at radius 1 is 1.47 bits per heavy atom. The summed E-state index contributed by atoms with van der Waals surface area (Å²) >= 11 is 1.75. The number of hydrogen-bond donors (Lipinski definition) is 3. The van der Waals surface area contributed by atoms with Crippen LogP contribution in [0.2, 0.25) is 0 Å². The van der Waals surface area contributed by atoms with E-state index in [1.165, 1.54) is 0 Å². The highest BCUT2D eigenvalue weighted by molar-refractivity contribution is 8.00. The smallest absolute Gasteiger partial charge is 0.230 e. The van der Waals surface area contributed by atoms with Crippen LogP contribution in [0, 0.1) is 5.92 Å². The summed E-state index contributed by atoms with van der Waals surface area (Å²) in [5.41, 5.74) is 0. The van der Waals surface area contributed by atoms with Gasteiger partial charge in [0.25, 0.3) is 0 Å². The molecule has 0 aromatic heterocycles. The van der Waals surface area contributed by atoms with Crippen LogP contribution in [0.4, 0.5) is 0 Å². The average Bonchev–Trinajstić information content (AvgIpc) is 2.36. The van der Waals surface area contributed by atoms with E-state index in [1.807, 2.05) is 13.8 Å². The van der Waals surface area contributed by atoms with Gasteiger partial charge in [0.2, 0.25) is 5.91 Å². The average molecular weight is 260 g/mol. The minimum atomic E-state index is 0.0427. The molecule has 0 aromatic carbocycles. The minimum Gasteiger partial charge on any atom is -0.396 e. The van der Waals surface area contributed by atoms with Crippen molar-refractivity contribution in [3.63, 3.8) is 0 Å². The fourth-order valence-electron chi connectivity index (χ4n) is 1.75. The lowest BCUT2D eigenvalue weighted by Gasteiger charge is -2.23. The zero-order valence-corrected chi connectivity index (χ0v) is 11.6. The van der Waals surface area contributed by atoms with Gasteiger partial charge >= 0.3 is 0 Å². The zero-order valence-electron chi connectivity index (χ0n) is 10.7. The SMILES string of the molecule is CC(CO)C(C)NC(=O)CSC1CCNCC1. The Kier molecular flexibility index (Phi) is 6.92. The maximum absolute atomic E-state index is 11.7. The van der Waals surface area contributed by atoms with E-state index in [0.29, 0.717) is 11.0 Å². The maximum atomic E-state index is 11.7. The van der Waals surface area contributed by atoms with Crippen molar-refractivity contribution in [3.05, 3.63) is 0 Å². The molecule has 4 nitrogen and oxygen atoms in total. The van der Waals surface area contributed by atoms with E-state index in [9.17, 15) is 4.79 Å². The van der Waals surface area contributed by atoms with Gasteiger partial charge in [-0.1, -0.05) is 6.92 Å². The fraction of sp³-hybridized carbons (Fsp3) is 0.917. The Morgan fingerprint density at radius 2 is 2.12 bits per heavy atom. The molecule has 0 aromatic rings. The second-order valence-corrected chi connectivity index (χ2v) is 6.07. The second-order valence-electron chi connectivity index (χ2n) is 4.78. The summed E-state index contributed by atoms with van der Waals surface area (Å²) < 4.78 is 0. The summed E-state index contributed by atoms with van der Waals surface area (Å²) in [5.74, 6) is 0.733. The topological polar surface area (TPSA) is 61.4 Å². The summed E-state index contributed by atoms with van der Waals surface area (Å²) in [6, 6.07) is 0.0427. The van der Waals surface area contributed by atoms with E-state index >= 15 is 0 Å². The summed E-state index contributed by atoms with van der Waals surface area (Å²) in [7, 11) is 0. The van der Waals surface area contributed by atoms with Gasteiger partial charge < -0.3 is 15.7 Å². The van der Waals surface area contributed by atoms with Crippen LogP contribution in [-0.4, -0.2) is 47.8 Å². The zero-order chi connectivity index (χ0) is 12.7. The van der Waals surface area contributed by atoms with Gasteiger partial charge in [-0.3, -0.25) is 4.79 Å². The van der Waals surface area contributed by atoms with Crippen molar-refractivity contribution in [2.24, 2.45) is 5.92 Å². The monoisotopic (exact) mass is 260 g/mol. The van der Waals surface area contributed by atoms with E-state index in [0.717, 1.165) is 25.9 Å². The molecule has 0 aliphatic carbocycles. The van der Waals surface area contributed by atoms with Crippen molar-refractivity contribution >= 4 is 17.7 Å². The van der Waals surface area contributed by atoms with Crippen molar-refractivity contribution in [1.82, 2.24) is 10.6 Å². The molecule has 1 fully saturated rings. The summed E-state index contributed by atoms with van der Waals surface area (Å²) in [6.45, 7) is 6.12. The van der Waals surface area contributed by atoms with Crippen LogP contribution in [0.1, 0.15) is 26.7 Å². The molecule has 0 radical (unpaired) electrons. The highest BCUT2D eigenvalue weighted by Gasteiger charge is 2.17. The molecule has 0 bridgehead atoms. The standard InChI is InChI=1S/C12H24N2O2S/c1-9(7-15)10(2)14-12(16)8-17-11-3-5-13-6-4-11/h9-11,13,15H,3-8H2,1-2H3,(H,14,16). The number of carbonyl (C=O) groups excluding carboxylic acids is 1. The van der Waals surface area contributed by atoms with Gasteiger partial charge in [0.05, 0.1) is 5.75 Å². The van der Waals surface area contributed by atoms with Crippen LogP contribution in [0.5, 0.6) is 0 Å². The van der Waals surface area contributed by atoms with Gasteiger partial charge in [-0.2, -0.15) is 0 Å². The lowest BCUT2D eigenvalue weighted by atomic mass is 10.1. The van der Waals surface area contributed by atoms with Crippen molar-refractivity contribution in [2.45, 2.75) is 38.0 Å². The Balaban J connectivity index is 2.15. The predicted octanol–water partition coefficient (Wildman–Crippen LogP) is 0.605. The number of amides is 1. The molecule has 1 rings (SSSR count). The molecule has 2 atom stereocenters. The van der Waals surface area contributed by atoms with E-state index in [2.05, 4.69) is 10.6 Å². The third-order valence-electron chi connectivity index (χ3n) is 3.27. The molecule has 0 spiro atoms. The quantitative estimate of drug-likeness (QED) is 0.655. The minimum absolute atomic E-state index is 0.0427. The molecule has 100 valence electrons. The van der Waals surface area contributed by atoms with Crippen LogP contribution in [-0.2, 0) is 4.79 Å². The van der Waals surface area contributed by atoms with E-state index in [-0.39, 0.29) is 24.5 Å². The van der Waals surface area contributed by atoms with Crippen LogP contribution in [0.15, 0.2) is 0 Å². The largest absolute Gasteiger partial charge is 0.396 e. The number of hydrogen-bond acceptors (Lipinski definition) is 4. The van der Waals surface area contributed by atoms with E-state index in [4.69, 9.17) is 5.11 Å². The van der Waals surface area contributed by atoms with Gasteiger partial charge in [0.1, 0.15) is 0 Å². The Bertz CT molecular complexity index is 233. The second kappa shape index (κ2) is 7.95. The lowest BCUT2D eigenvalue weighted by Crippen LogP contribution is -2.39. The molecule has 5 heteroatoms. The number of carbonyl (C=O) groups is 1. The lowest BCUT2D eigenvalue weighted by molar-refractivity contribution is -0.119. The molecule has 1 aliphatic rings. The molecule has 3 N–H and O–H groups in total. The van der Waals surface area contributed by atoms with Crippen molar-refractivity contribution in [1.29, 1.82) is 0 Å². The first kappa shape index (κ1) is 14.8. The summed E-state index contributed by atoms with van der Waals surface area (Å²) in [6.07, 6.45) is 2.31. The van der Waals surface area contributed by atoms with Crippen molar-refractivity contribution in [2.75, 3.05) is 25.4 Å². The fourth-order valence-corrected chi connectivity index (χ4v) is 2.79. The highest BCUT2D eigenvalue weighted by Crippen LogP contribution is 2.19. The van der Waals surface area contributed by atoms with Gasteiger partial charge in [0, 0.05) is 17.9 Å². The molecule has 17 heavy (non-hydrogen) atoms. The number of piperidine rings is 1. The van der Waals surface area contributed by atoms with Crippen LogP contribution in [0.3, 0.4) is 0 Å². The Hall–Kier alpha value is -0.260. The van der Waals surface area contributed by atoms with Gasteiger partial charge in [0.15, 0.2) is 0 Å². The number of thioether (sulfide) groups is 1. The Labute approximate surface area is 108 Å². The molecule has 1 heterocycles. The summed E-state index contributed by atoms with van der Waals surface area (Å²) in [4.78, 5) is 11.7. The van der Waals surface area contributed by atoms with Crippen molar-refractivity contribution in [3.8, 4) is 0 Å². The van der Waals surface area contributed by atoms with Crippen LogP contribution in [0.25, 0.3) is 0 Å². The number of nitrogens with one attached hydrogen (secondary N) is 2. The third kappa shape index (κ3) is 5.75. The molecule has 1 saturated heterocycles. The maximum Gasteiger partial charge on any atom is 0.230 e. The molecule has 2 unspecified atom stereocenters. The van der Waals surface area contributed by atoms with E-state index < -0.39 is 0 Å². The van der Waals surface area contributed by atoms with Gasteiger partial charge in [-0.05, 0) is 38.8 Å². The first-order valence-electron chi connectivity index (χ1n) is 6.36. The van der Waals surface area contributed by atoms with Crippen molar-refractivity contribution < 1.29 is 9.90 Å². The normalized spacial score (nSPS) is 20.9. The molecular formula is C12H24N2O2S. The highest BCUT2D eigenvalue weighted by atomic mass is 32.2. The number of aliphatic hydroxyl groups excluding tert-OH is 1. The summed E-state index contributed by atoms with van der Waals surface area (Å²) in [5, 5.41) is 15.9. The number of rotatable bonds is 6. The molecular weight excluding hydrogens is 236 g/mol. The first-order valence-corrected chi connectivity index (χ1v) is 7.41. The van der Waals surface area contributed by atoms with Gasteiger partial charge in [-0.25, -0.2) is 0 Å².